The van der Waals surface area contributed by atoms with Gasteiger partial charge in [-0.25, -0.2) is 0 Å². The average molecular weight is 252 g/mol. The first-order valence-electron chi connectivity index (χ1n) is 6.87. The van der Waals surface area contributed by atoms with Gasteiger partial charge in [-0.3, -0.25) is 4.68 Å². The monoisotopic (exact) mass is 252 g/mol. The summed E-state index contributed by atoms with van der Waals surface area (Å²) >= 11 is 0. The highest BCUT2D eigenvalue weighted by Gasteiger charge is 2.09. The van der Waals surface area contributed by atoms with Crippen LogP contribution in [0.5, 0.6) is 0 Å². The molecule has 1 heterocycles. The first kappa shape index (κ1) is 15.2. The lowest BCUT2D eigenvalue weighted by molar-refractivity contribution is 0.476. The number of aromatic nitrogens is 2. The van der Waals surface area contributed by atoms with Crippen LogP contribution in [0.2, 0.25) is 0 Å². The predicted molar refractivity (Wildman–Crippen MR) is 77.0 cm³/mol. The molecule has 1 aromatic rings. The molecule has 1 atom stereocenters. The normalized spacial score (nSPS) is 13.3. The molecule has 0 aliphatic carbocycles. The Balaban J connectivity index is 2.33. The van der Waals surface area contributed by atoms with Crippen LogP contribution in [0.4, 0.5) is 0 Å². The maximum Gasteiger partial charge on any atom is 0.0628 e. The summed E-state index contributed by atoms with van der Waals surface area (Å²) in [5.74, 6) is 0. The largest absolute Gasteiger partial charge is 0.313 e. The van der Waals surface area contributed by atoms with Gasteiger partial charge in [-0.05, 0) is 39.3 Å². The van der Waals surface area contributed by atoms with Crippen LogP contribution < -0.4 is 10.6 Å². The van der Waals surface area contributed by atoms with E-state index >= 15 is 0 Å². The molecule has 0 aromatic carbocycles. The Morgan fingerprint density at radius 1 is 1.17 bits per heavy atom. The van der Waals surface area contributed by atoms with Crippen molar-refractivity contribution in [2.75, 3.05) is 13.1 Å². The Bertz CT molecular complexity index is 368. The van der Waals surface area contributed by atoms with Gasteiger partial charge < -0.3 is 10.6 Å². The van der Waals surface area contributed by atoms with E-state index in [9.17, 15) is 0 Å². The molecule has 104 valence electrons. The van der Waals surface area contributed by atoms with Gasteiger partial charge in [0, 0.05) is 31.4 Å². The minimum Gasteiger partial charge on any atom is -0.313 e. The van der Waals surface area contributed by atoms with Gasteiger partial charge in [-0.1, -0.05) is 13.8 Å². The van der Waals surface area contributed by atoms with E-state index in [0.29, 0.717) is 12.1 Å². The Hall–Kier alpha value is -0.870. The van der Waals surface area contributed by atoms with Gasteiger partial charge in [0.2, 0.25) is 0 Å². The molecule has 2 N–H and O–H groups in total. The fourth-order valence-corrected chi connectivity index (χ4v) is 2.11. The summed E-state index contributed by atoms with van der Waals surface area (Å²) in [6.07, 6.45) is 1.05. The Morgan fingerprint density at radius 3 is 2.33 bits per heavy atom. The Morgan fingerprint density at radius 2 is 1.83 bits per heavy atom. The second kappa shape index (κ2) is 6.90. The van der Waals surface area contributed by atoms with E-state index in [0.717, 1.165) is 25.2 Å². The molecule has 0 aliphatic heterocycles. The smallest absolute Gasteiger partial charge is 0.0628 e. The third kappa shape index (κ3) is 4.42. The zero-order valence-electron chi connectivity index (χ0n) is 12.7. The molecule has 4 nitrogen and oxygen atoms in total. The van der Waals surface area contributed by atoms with E-state index in [2.05, 4.69) is 50.4 Å². The fourth-order valence-electron chi connectivity index (χ4n) is 2.11. The summed E-state index contributed by atoms with van der Waals surface area (Å²) in [7, 11) is 2.01. The van der Waals surface area contributed by atoms with E-state index in [1.165, 1.54) is 11.3 Å². The third-order valence-electron chi connectivity index (χ3n) is 3.36. The van der Waals surface area contributed by atoms with E-state index in [1.54, 1.807) is 0 Å². The lowest BCUT2D eigenvalue weighted by atomic mass is 10.1. The van der Waals surface area contributed by atoms with Crippen molar-refractivity contribution < 1.29 is 0 Å². The minimum atomic E-state index is 0.504. The van der Waals surface area contributed by atoms with Crippen molar-refractivity contribution in [3.63, 3.8) is 0 Å². The fraction of sp³-hybridized carbons (Fsp3) is 0.786. The second-order valence-electron chi connectivity index (χ2n) is 5.44. The number of nitrogens with zero attached hydrogens (tertiary/aromatic N) is 2. The lowest BCUT2D eigenvalue weighted by Gasteiger charge is -2.16. The van der Waals surface area contributed by atoms with E-state index in [4.69, 9.17) is 0 Å². The summed E-state index contributed by atoms with van der Waals surface area (Å²) in [6, 6.07) is 1.06. The summed E-state index contributed by atoms with van der Waals surface area (Å²) in [4.78, 5) is 0. The number of aryl methyl sites for hydroxylation is 2. The van der Waals surface area contributed by atoms with Gasteiger partial charge in [0.25, 0.3) is 0 Å². The molecule has 1 aromatic heterocycles. The molecule has 4 heteroatoms. The van der Waals surface area contributed by atoms with Gasteiger partial charge in [-0.2, -0.15) is 5.10 Å². The molecule has 0 spiro atoms. The number of hydrogen-bond acceptors (Lipinski definition) is 3. The van der Waals surface area contributed by atoms with Gasteiger partial charge >= 0.3 is 0 Å². The number of nitrogens with one attached hydrogen (secondary N) is 2. The van der Waals surface area contributed by atoms with E-state index in [1.807, 2.05) is 11.7 Å². The van der Waals surface area contributed by atoms with Gasteiger partial charge in [0.1, 0.15) is 0 Å². The van der Waals surface area contributed by atoms with Crippen LogP contribution in [-0.2, 0) is 13.5 Å². The molecule has 0 amide bonds. The van der Waals surface area contributed by atoms with Crippen LogP contribution in [0.1, 0.15) is 37.7 Å². The average Bonchev–Trinajstić information content (AvgIpc) is 2.53. The summed E-state index contributed by atoms with van der Waals surface area (Å²) in [5, 5.41) is 11.4. The molecule has 1 rings (SSSR count). The van der Waals surface area contributed by atoms with Crippen LogP contribution in [-0.4, -0.2) is 35.0 Å². The number of rotatable bonds is 7. The maximum absolute atomic E-state index is 4.44. The molecule has 0 saturated heterocycles. The van der Waals surface area contributed by atoms with Crippen molar-refractivity contribution in [2.24, 2.45) is 7.05 Å². The SMILES string of the molecule is Cc1nn(C)c(C)c1CCNC(C)CNC(C)C. The van der Waals surface area contributed by atoms with Crippen molar-refractivity contribution in [3.05, 3.63) is 17.0 Å². The Kier molecular flexibility index (Phi) is 5.82. The highest BCUT2D eigenvalue weighted by atomic mass is 15.3. The first-order chi connectivity index (χ1) is 8.41. The summed E-state index contributed by atoms with van der Waals surface area (Å²) in [5.41, 5.74) is 3.82. The van der Waals surface area contributed by atoms with Crippen molar-refractivity contribution in [2.45, 2.75) is 53.1 Å². The van der Waals surface area contributed by atoms with Crippen LogP contribution in [0, 0.1) is 13.8 Å². The highest BCUT2D eigenvalue weighted by Crippen LogP contribution is 2.11. The summed E-state index contributed by atoms with van der Waals surface area (Å²) in [6.45, 7) is 12.8. The number of hydrogen-bond donors (Lipinski definition) is 2. The van der Waals surface area contributed by atoms with Crippen molar-refractivity contribution >= 4 is 0 Å². The molecule has 0 radical (unpaired) electrons. The van der Waals surface area contributed by atoms with Crippen LogP contribution >= 0.6 is 0 Å². The molecule has 0 aliphatic rings. The van der Waals surface area contributed by atoms with Crippen molar-refractivity contribution in [1.29, 1.82) is 0 Å². The lowest BCUT2D eigenvalue weighted by Crippen LogP contribution is -2.39. The predicted octanol–water partition coefficient (Wildman–Crippen LogP) is 1.56. The molecule has 1 unspecified atom stereocenters. The first-order valence-corrected chi connectivity index (χ1v) is 6.87. The molecule has 0 bridgehead atoms. The Labute approximate surface area is 111 Å². The highest BCUT2D eigenvalue weighted by molar-refractivity contribution is 5.24. The summed E-state index contributed by atoms with van der Waals surface area (Å²) < 4.78 is 1.97. The third-order valence-corrected chi connectivity index (χ3v) is 3.36. The molecule has 18 heavy (non-hydrogen) atoms. The van der Waals surface area contributed by atoms with Crippen molar-refractivity contribution in [3.8, 4) is 0 Å². The van der Waals surface area contributed by atoms with Crippen LogP contribution in [0.25, 0.3) is 0 Å². The standard InChI is InChI=1S/C14H28N4/c1-10(2)16-9-11(3)15-8-7-14-12(4)17-18(6)13(14)5/h10-11,15-16H,7-9H2,1-6H3. The van der Waals surface area contributed by atoms with E-state index < -0.39 is 0 Å². The zero-order valence-corrected chi connectivity index (χ0v) is 12.7. The molecular weight excluding hydrogens is 224 g/mol. The van der Waals surface area contributed by atoms with Gasteiger partial charge in [-0.15, -0.1) is 0 Å². The van der Waals surface area contributed by atoms with E-state index in [-0.39, 0.29) is 0 Å². The molecule has 0 fully saturated rings. The van der Waals surface area contributed by atoms with Gasteiger partial charge in [0.05, 0.1) is 5.69 Å². The van der Waals surface area contributed by atoms with Crippen LogP contribution in [0.3, 0.4) is 0 Å². The second-order valence-corrected chi connectivity index (χ2v) is 5.44. The topological polar surface area (TPSA) is 41.9 Å². The van der Waals surface area contributed by atoms with Crippen LogP contribution in [0.15, 0.2) is 0 Å². The minimum absolute atomic E-state index is 0.504. The zero-order chi connectivity index (χ0) is 13.7. The molecular formula is C14H28N4. The van der Waals surface area contributed by atoms with Crippen molar-refractivity contribution in [1.82, 2.24) is 20.4 Å². The quantitative estimate of drug-likeness (QED) is 0.774. The maximum atomic E-state index is 4.44. The van der Waals surface area contributed by atoms with Gasteiger partial charge in [0.15, 0.2) is 0 Å². The molecule has 0 saturated carbocycles.